The Balaban J connectivity index is 0.00000312. The number of halogens is 1. The van der Waals surface area contributed by atoms with Gasteiger partial charge in [0, 0.05) is 19.0 Å². The van der Waals surface area contributed by atoms with Crippen LogP contribution in [0.25, 0.3) is 0 Å². The molecule has 1 saturated carbocycles. The maximum atomic E-state index is 12.3. The quantitative estimate of drug-likeness (QED) is 0.737. The lowest BCUT2D eigenvalue weighted by molar-refractivity contribution is -0.122. The number of hydrogen-bond acceptors (Lipinski definition) is 4. The van der Waals surface area contributed by atoms with Gasteiger partial charge in [-0.1, -0.05) is 25.3 Å². The van der Waals surface area contributed by atoms with Crippen LogP contribution in [0.1, 0.15) is 44.1 Å². The molecule has 1 aliphatic rings. The third-order valence-corrected chi connectivity index (χ3v) is 4.91. The molecule has 1 unspecified atom stereocenters. The number of benzene rings is 1. The standard InChI is InChI=1S/C19H30N2O3.ClH/c1-23-17-10-8-14(12-18(17)24-2)9-11-19(22)21-16(13-20)15-6-4-3-5-7-15;/h8,10,12,15-16H,3-7,9,11,13,20H2,1-2H3,(H,21,22);1H. The maximum Gasteiger partial charge on any atom is 0.220 e. The molecule has 3 N–H and O–H groups in total. The highest BCUT2D eigenvalue weighted by molar-refractivity contribution is 5.85. The van der Waals surface area contributed by atoms with E-state index in [9.17, 15) is 4.79 Å². The molecule has 1 aliphatic carbocycles. The number of hydrogen-bond donors (Lipinski definition) is 2. The topological polar surface area (TPSA) is 73.6 Å². The Labute approximate surface area is 157 Å². The van der Waals surface area contributed by atoms with Crippen LogP contribution in [0, 0.1) is 5.92 Å². The molecule has 1 atom stereocenters. The van der Waals surface area contributed by atoms with Gasteiger partial charge in [0.2, 0.25) is 5.91 Å². The van der Waals surface area contributed by atoms with Crippen molar-refractivity contribution in [2.75, 3.05) is 20.8 Å². The van der Waals surface area contributed by atoms with E-state index in [1.165, 1.54) is 32.1 Å². The molecule has 1 fully saturated rings. The van der Waals surface area contributed by atoms with Gasteiger partial charge in [-0.25, -0.2) is 0 Å². The van der Waals surface area contributed by atoms with Gasteiger partial charge in [-0.05, 0) is 42.9 Å². The summed E-state index contributed by atoms with van der Waals surface area (Å²) in [6.45, 7) is 0.521. The van der Waals surface area contributed by atoms with Crippen molar-refractivity contribution in [2.24, 2.45) is 11.7 Å². The summed E-state index contributed by atoms with van der Waals surface area (Å²) in [6.07, 6.45) is 7.30. The van der Waals surface area contributed by atoms with Crippen LogP contribution in [-0.2, 0) is 11.2 Å². The predicted molar refractivity (Wildman–Crippen MR) is 103 cm³/mol. The van der Waals surface area contributed by atoms with Crippen LogP contribution in [0.3, 0.4) is 0 Å². The summed E-state index contributed by atoms with van der Waals surface area (Å²) >= 11 is 0. The first-order valence-corrected chi connectivity index (χ1v) is 8.88. The molecule has 0 bridgehead atoms. The van der Waals surface area contributed by atoms with Crippen molar-refractivity contribution in [1.82, 2.24) is 5.32 Å². The number of carbonyl (C=O) groups is 1. The zero-order valence-electron chi connectivity index (χ0n) is 15.3. The summed E-state index contributed by atoms with van der Waals surface area (Å²) in [5.41, 5.74) is 6.94. The number of nitrogens with two attached hydrogens (primary N) is 1. The second-order valence-electron chi connectivity index (χ2n) is 6.50. The first-order chi connectivity index (χ1) is 11.7. The lowest BCUT2D eigenvalue weighted by Crippen LogP contribution is -2.45. The molecule has 0 heterocycles. The van der Waals surface area contributed by atoms with Crippen molar-refractivity contribution in [3.05, 3.63) is 23.8 Å². The van der Waals surface area contributed by atoms with Crippen LogP contribution in [0.15, 0.2) is 18.2 Å². The van der Waals surface area contributed by atoms with Gasteiger partial charge in [0.25, 0.3) is 0 Å². The van der Waals surface area contributed by atoms with Gasteiger partial charge >= 0.3 is 0 Å². The van der Waals surface area contributed by atoms with E-state index in [2.05, 4.69) is 5.32 Å². The summed E-state index contributed by atoms with van der Waals surface area (Å²) in [7, 11) is 3.23. The van der Waals surface area contributed by atoms with E-state index in [1.807, 2.05) is 18.2 Å². The predicted octanol–water partition coefficient (Wildman–Crippen LogP) is 3.08. The van der Waals surface area contributed by atoms with E-state index in [4.69, 9.17) is 15.2 Å². The summed E-state index contributed by atoms with van der Waals surface area (Å²) in [6, 6.07) is 5.88. The molecule has 0 saturated heterocycles. The third kappa shape index (κ3) is 6.40. The SMILES string of the molecule is COc1ccc(CCC(=O)NC(CN)C2CCCCC2)cc1OC.Cl. The average molecular weight is 371 g/mol. The highest BCUT2D eigenvalue weighted by Gasteiger charge is 2.23. The molecular weight excluding hydrogens is 340 g/mol. The Hall–Kier alpha value is -1.46. The van der Waals surface area contributed by atoms with Crippen LogP contribution >= 0.6 is 12.4 Å². The van der Waals surface area contributed by atoms with E-state index >= 15 is 0 Å². The highest BCUT2D eigenvalue weighted by Crippen LogP contribution is 2.28. The van der Waals surface area contributed by atoms with Gasteiger partial charge in [0.15, 0.2) is 11.5 Å². The third-order valence-electron chi connectivity index (χ3n) is 4.91. The molecule has 6 heteroatoms. The lowest BCUT2D eigenvalue weighted by Gasteiger charge is -2.30. The highest BCUT2D eigenvalue weighted by atomic mass is 35.5. The lowest BCUT2D eigenvalue weighted by atomic mass is 9.84. The number of carbonyl (C=O) groups excluding carboxylic acids is 1. The molecule has 2 rings (SSSR count). The maximum absolute atomic E-state index is 12.3. The first kappa shape index (κ1) is 21.6. The average Bonchev–Trinajstić information content (AvgIpc) is 2.64. The molecule has 1 aromatic rings. The van der Waals surface area contributed by atoms with E-state index in [1.54, 1.807) is 14.2 Å². The number of rotatable bonds is 8. The van der Waals surface area contributed by atoms with Crippen molar-refractivity contribution in [2.45, 2.75) is 51.0 Å². The number of amides is 1. The van der Waals surface area contributed by atoms with Crippen LogP contribution < -0.4 is 20.5 Å². The second kappa shape index (κ2) is 11.2. The molecule has 0 aromatic heterocycles. The molecule has 0 radical (unpaired) electrons. The van der Waals surface area contributed by atoms with Crippen LogP contribution in [0.5, 0.6) is 11.5 Å². The van der Waals surface area contributed by atoms with E-state index in [-0.39, 0.29) is 24.4 Å². The van der Waals surface area contributed by atoms with Crippen molar-refractivity contribution in [3.8, 4) is 11.5 Å². The van der Waals surface area contributed by atoms with E-state index in [0.717, 1.165) is 5.56 Å². The molecular formula is C19H31ClN2O3. The Morgan fingerprint density at radius 2 is 1.88 bits per heavy atom. The van der Waals surface area contributed by atoms with Crippen LogP contribution in [0.4, 0.5) is 0 Å². The number of aryl methyl sites for hydroxylation is 1. The Kier molecular flexibility index (Phi) is 9.68. The summed E-state index contributed by atoms with van der Waals surface area (Å²) in [5.74, 6) is 2.00. The minimum absolute atomic E-state index is 0. The molecule has 1 aromatic carbocycles. The van der Waals surface area contributed by atoms with E-state index in [0.29, 0.717) is 36.8 Å². The largest absolute Gasteiger partial charge is 0.493 e. The summed E-state index contributed by atoms with van der Waals surface area (Å²) in [5, 5.41) is 3.14. The zero-order valence-corrected chi connectivity index (χ0v) is 16.1. The minimum Gasteiger partial charge on any atom is -0.493 e. The van der Waals surface area contributed by atoms with Gasteiger partial charge in [-0.3, -0.25) is 4.79 Å². The summed E-state index contributed by atoms with van der Waals surface area (Å²) < 4.78 is 10.5. The molecule has 142 valence electrons. The van der Waals surface area contributed by atoms with Gasteiger partial charge in [0.05, 0.1) is 14.2 Å². The number of nitrogens with one attached hydrogen (secondary N) is 1. The molecule has 25 heavy (non-hydrogen) atoms. The fraction of sp³-hybridized carbons (Fsp3) is 0.632. The molecule has 0 spiro atoms. The van der Waals surface area contributed by atoms with Gasteiger partial charge in [-0.2, -0.15) is 0 Å². The van der Waals surface area contributed by atoms with Gasteiger partial charge in [0.1, 0.15) is 0 Å². The van der Waals surface area contributed by atoms with Crippen molar-refractivity contribution >= 4 is 18.3 Å². The normalized spacial score (nSPS) is 15.8. The monoisotopic (exact) mass is 370 g/mol. The Morgan fingerprint density at radius 3 is 2.48 bits per heavy atom. The second-order valence-corrected chi connectivity index (χ2v) is 6.50. The minimum atomic E-state index is 0. The smallest absolute Gasteiger partial charge is 0.220 e. The van der Waals surface area contributed by atoms with Crippen LogP contribution in [0.2, 0.25) is 0 Å². The Bertz CT molecular complexity index is 533. The molecule has 1 amide bonds. The molecule has 5 nitrogen and oxygen atoms in total. The van der Waals surface area contributed by atoms with Gasteiger partial charge < -0.3 is 20.5 Å². The van der Waals surface area contributed by atoms with Crippen molar-refractivity contribution in [3.63, 3.8) is 0 Å². The summed E-state index contributed by atoms with van der Waals surface area (Å²) in [4.78, 5) is 12.3. The first-order valence-electron chi connectivity index (χ1n) is 8.88. The van der Waals surface area contributed by atoms with E-state index < -0.39 is 0 Å². The number of methoxy groups -OCH3 is 2. The van der Waals surface area contributed by atoms with Gasteiger partial charge in [-0.15, -0.1) is 12.4 Å². The zero-order chi connectivity index (χ0) is 17.4. The molecule has 0 aliphatic heterocycles. The number of ether oxygens (including phenoxy) is 2. The van der Waals surface area contributed by atoms with Crippen LogP contribution in [-0.4, -0.2) is 32.7 Å². The van der Waals surface area contributed by atoms with Crippen molar-refractivity contribution < 1.29 is 14.3 Å². The fourth-order valence-corrected chi connectivity index (χ4v) is 3.48. The fourth-order valence-electron chi connectivity index (χ4n) is 3.48. The van der Waals surface area contributed by atoms with Crippen molar-refractivity contribution in [1.29, 1.82) is 0 Å². The Morgan fingerprint density at radius 1 is 1.20 bits per heavy atom.